The fourth-order valence-electron chi connectivity index (χ4n) is 6.33. The summed E-state index contributed by atoms with van der Waals surface area (Å²) < 4.78 is 45.0. The number of hydrogen-bond acceptors (Lipinski definition) is 9. The monoisotopic (exact) mass is 712 g/mol. The van der Waals surface area contributed by atoms with Gasteiger partial charge in [-0.15, -0.1) is 0 Å². The van der Waals surface area contributed by atoms with Crippen molar-refractivity contribution < 1.29 is 43.1 Å². The molecule has 0 spiro atoms. The Bertz CT molecular complexity index is 1290. The molecule has 1 fully saturated rings. The van der Waals surface area contributed by atoms with Crippen LogP contribution in [0.5, 0.6) is 34.5 Å². The number of aliphatic hydroxyl groups is 1. The molecule has 2 atom stereocenters. The predicted molar refractivity (Wildman–Crippen MR) is 200 cm³/mol. The van der Waals surface area contributed by atoms with Crippen molar-refractivity contribution in [1.82, 2.24) is 0 Å². The van der Waals surface area contributed by atoms with Crippen LogP contribution in [0.3, 0.4) is 0 Å². The minimum Gasteiger partial charge on any atom is -0.493 e. The maximum absolute atomic E-state index is 13.8. The first-order valence-corrected chi connectivity index (χ1v) is 20.0. The molecule has 0 aromatic heterocycles. The van der Waals surface area contributed by atoms with E-state index >= 15 is 0 Å². The Kier molecular flexibility index (Phi) is 17.4. The Morgan fingerprint density at radius 1 is 0.667 bits per heavy atom. The summed E-state index contributed by atoms with van der Waals surface area (Å²) in [5.41, 5.74) is 1.64. The number of carbonyl (C=O) groups is 1. The summed E-state index contributed by atoms with van der Waals surface area (Å²) in [5, 5.41) is 10.1. The van der Waals surface area contributed by atoms with Crippen LogP contribution in [0.25, 0.3) is 0 Å². The van der Waals surface area contributed by atoms with Gasteiger partial charge in [0, 0.05) is 29.7 Å². The number of fused-ring (bicyclic) bond motifs is 1. The van der Waals surface area contributed by atoms with Crippen LogP contribution in [0, 0.1) is 5.92 Å². The predicted octanol–water partition coefficient (Wildman–Crippen LogP) is 9.72. The lowest BCUT2D eigenvalue weighted by Crippen LogP contribution is -2.37. The molecule has 1 heterocycles. The van der Waals surface area contributed by atoms with E-state index in [9.17, 15) is 9.90 Å². The molecular weight excluding hydrogens is 648 g/mol. The van der Waals surface area contributed by atoms with Gasteiger partial charge in [0.25, 0.3) is 0 Å². The first kappa shape index (κ1) is 40.4. The summed E-state index contributed by atoms with van der Waals surface area (Å²) in [6.45, 7) is 13.5. The van der Waals surface area contributed by atoms with Crippen molar-refractivity contribution >= 4 is 5.97 Å². The number of ether oxygens (including phenoxy) is 7. The van der Waals surface area contributed by atoms with E-state index in [-0.39, 0.29) is 18.0 Å². The van der Waals surface area contributed by atoms with Gasteiger partial charge in [-0.25, -0.2) is 0 Å². The molecule has 1 aliphatic heterocycles. The molecule has 9 nitrogen and oxygen atoms in total. The number of hydrogen-bond donors (Lipinski definition) is 1. The van der Waals surface area contributed by atoms with E-state index in [2.05, 4.69) is 34.6 Å². The van der Waals surface area contributed by atoms with Crippen molar-refractivity contribution in [2.45, 2.75) is 149 Å². The number of esters is 1. The van der Waals surface area contributed by atoms with Crippen LogP contribution in [0.15, 0.2) is 24.3 Å². The number of rotatable bonds is 23. The van der Waals surface area contributed by atoms with Crippen molar-refractivity contribution in [3.05, 3.63) is 35.4 Å². The molecule has 0 unspecified atom stereocenters. The van der Waals surface area contributed by atoms with Gasteiger partial charge in [-0.05, 0) is 69.9 Å². The molecule has 0 radical (unpaired) electrons. The lowest BCUT2D eigenvalue weighted by molar-refractivity contribution is -0.162. The third kappa shape index (κ3) is 12.1. The number of aliphatic hydroxyl groups excluding tert-OH is 1. The van der Waals surface area contributed by atoms with Gasteiger partial charge in [0.05, 0.1) is 45.1 Å². The maximum atomic E-state index is 13.8. The van der Waals surface area contributed by atoms with Gasteiger partial charge in [-0.3, -0.25) is 4.79 Å². The normalized spacial score (nSPS) is 19.8. The summed E-state index contributed by atoms with van der Waals surface area (Å²) >= 11 is 0. The second-order valence-corrected chi connectivity index (χ2v) is 14.0. The van der Waals surface area contributed by atoms with Crippen molar-refractivity contribution in [3.63, 3.8) is 0 Å². The van der Waals surface area contributed by atoms with Gasteiger partial charge < -0.3 is 38.3 Å². The fourth-order valence-corrected chi connectivity index (χ4v) is 6.33. The molecule has 2 aromatic rings. The lowest BCUT2D eigenvalue weighted by Gasteiger charge is -2.36. The summed E-state index contributed by atoms with van der Waals surface area (Å²) in [7, 11) is 0. The molecule has 9 heteroatoms. The van der Waals surface area contributed by atoms with Gasteiger partial charge in [-0.1, -0.05) is 66.7 Å². The van der Waals surface area contributed by atoms with Crippen molar-refractivity contribution in [3.8, 4) is 34.5 Å². The molecule has 1 saturated carbocycles. The fraction of sp³-hybridized carbons (Fsp3) is 0.690. The van der Waals surface area contributed by atoms with E-state index in [4.69, 9.17) is 33.2 Å². The van der Waals surface area contributed by atoms with Crippen LogP contribution < -0.4 is 28.4 Å². The Morgan fingerprint density at radius 3 is 1.73 bits per heavy atom. The van der Waals surface area contributed by atoms with Gasteiger partial charge in [-0.2, -0.15) is 0 Å². The third-order valence-electron chi connectivity index (χ3n) is 9.58. The minimum atomic E-state index is -0.656. The summed E-state index contributed by atoms with van der Waals surface area (Å²) in [6.07, 6.45) is 10.7. The van der Waals surface area contributed by atoms with E-state index in [0.717, 1.165) is 75.3 Å². The van der Waals surface area contributed by atoms with Crippen LogP contribution >= 0.6 is 0 Å². The van der Waals surface area contributed by atoms with E-state index in [1.54, 1.807) is 0 Å². The zero-order valence-corrected chi connectivity index (χ0v) is 32.0. The lowest BCUT2D eigenvalue weighted by atomic mass is 9.87. The highest BCUT2D eigenvalue weighted by atomic mass is 16.6. The average molecular weight is 713 g/mol. The average Bonchev–Trinajstić information content (AvgIpc) is 3.13. The third-order valence-corrected chi connectivity index (χ3v) is 9.58. The zero-order valence-electron chi connectivity index (χ0n) is 32.0. The minimum absolute atomic E-state index is 0.254. The molecule has 4 rings (SSSR count). The van der Waals surface area contributed by atoms with E-state index < -0.39 is 12.2 Å². The summed E-state index contributed by atoms with van der Waals surface area (Å²) in [6, 6.07) is 7.82. The molecule has 0 saturated heterocycles. The first-order valence-electron chi connectivity index (χ1n) is 20.0. The number of unbranched alkanes of at least 4 members (excludes halogenated alkanes) is 5. The summed E-state index contributed by atoms with van der Waals surface area (Å²) in [4.78, 5) is 13.8. The van der Waals surface area contributed by atoms with Gasteiger partial charge in [0.15, 0.2) is 17.6 Å². The van der Waals surface area contributed by atoms with Crippen molar-refractivity contribution in [2.24, 2.45) is 5.92 Å². The number of carbonyl (C=O) groups excluding carboxylic acids is 1. The molecule has 51 heavy (non-hydrogen) atoms. The first-order chi connectivity index (χ1) is 24.9. The highest BCUT2D eigenvalue weighted by molar-refractivity contribution is 5.73. The van der Waals surface area contributed by atoms with Crippen molar-refractivity contribution in [2.75, 3.05) is 33.0 Å². The number of benzene rings is 2. The Morgan fingerprint density at radius 2 is 1.18 bits per heavy atom. The molecule has 1 N–H and O–H groups in total. The highest BCUT2D eigenvalue weighted by Crippen LogP contribution is 2.47. The van der Waals surface area contributed by atoms with Crippen LogP contribution in [-0.2, 0) is 16.0 Å². The van der Waals surface area contributed by atoms with Gasteiger partial charge in [0.2, 0.25) is 5.75 Å². The Labute approximate surface area is 306 Å². The second-order valence-electron chi connectivity index (χ2n) is 14.0. The van der Waals surface area contributed by atoms with E-state index in [1.807, 2.05) is 24.3 Å². The van der Waals surface area contributed by atoms with Crippen LogP contribution in [-0.4, -0.2) is 56.3 Å². The second kappa shape index (κ2) is 21.9. The largest absolute Gasteiger partial charge is 0.493 e. The SMILES string of the molecule is CCCCOc1cc(OCCCC)c2c(c1)O[C@@H](c1cc(OCCCC)c(OCCCC)c(OCCCC)c1)[C@H](OC(=O)C1CCC(O)CC1)C2. The molecule has 2 aromatic carbocycles. The van der Waals surface area contributed by atoms with Crippen LogP contribution in [0.1, 0.15) is 142 Å². The Balaban J connectivity index is 1.79. The van der Waals surface area contributed by atoms with E-state index in [0.29, 0.717) is 99.6 Å². The quantitative estimate of drug-likeness (QED) is 0.0891. The molecule has 0 amide bonds. The molecule has 286 valence electrons. The van der Waals surface area contributed by atoms with Gasteiger partial charge >= 0.3 is 5.97 Å². The van der Waals surface area contributed by atoms with Crippen molar-refractivity contribution in [1.29, 1.82) is 0 Å². The molecular formula is C42H64O9. The summed E-state index contributed by atoms with van der Waals surface area (Å²) in [5.74, 6) is 3.32. The highest BCUT2D eigenvalue weighted by Gasteiger charge is 2.39. The van der Waals surface area contributed by atoms with Gasteiger partial charge in [0.1, 0.15) is 23.4 Å². The standard InChI is InChI=1S/C42H64O9/c1-6-11-20-45-33-27-35(46-21-12-7-2)34-29-39(51-42(44)30-16-18-32(43)19-17-30)40(50-36(34)28-33)31-25-37(47-22-13-8-3)41(49-24-15-10-5)38(26-31)48-23-14-9-4/h25-28,30,32,39-40,43H,6-24,29H2,1-5H3/t30?,32?,39-,40+/m1/s1. The smallest absolute Gasteiger partial charge is 0.309 e. The topological polar surface area (TPSA) is 102 Å². The molecule has 0 bridgehead atoms. The van der Waals surface area contributed by atoms with Crippen LogP contribution in [0.2, 0.25) is 0 Å². The van der Waals surface area contributed by atoms with E-state index in [1.165, 1.54) is 0 Å². The Hall–Kier alpha value is -3.33. The zero-order chi connectivity index (χ0) is 36.4. The molecule has 2 aliphatic rings. The maximum Gasteiger partial charge on any atom is 0.309 e. The molecule has 1 aliphatic carbocycles. The van der Waals surface area contributed by atoms with Crippen LogP contribution in [0.4, 0.5) is 0 Å².